The Kier molecular flexibility index (Phi) is 14.7. The predicted molar refractivity (Wildman–Crippen MR) is 95.2 cm³/mol. The lowest BCUT2D eigenvalue weighted by atomic mass is 10.1. The minimum absolute atomic E-state index is 0.714. The van der Waals surface area contributed by atoms with Gasteiger partial charge < -0.3 is 4.43 Å². The minimum Gasteiger partial charge on any atom is -0.416 e. The van der Waals surface area contributed by atoms with Crippen LogP contribution in [0.2, 0.25) is 13.1 Å². The van der Waals surface area contributed by atoms with Crippen molar-refractivity contribution in [2.24, 2.45) is 0 Å². The van der Waals surface area contributed by atoms with E-state index in [4.69, 9.17) is 16.0 Å². The molecule has 3 heteroatoms. The molecule has 0 saturated heterocycles. The first kappa shape index (κ1) is 20.5. The van der Waals surface area contributed by atoms with Crippen LogP contribution in [-0.2, 0) is 4.43 Å². The van der Waals surface area contributed by atoms with Crippen LogP contribution in [0.5, 0.6) is 0 Å². The molecule has 0 unspecified atom stereocenters. The first-order valence-electron chi connectivity index (χ1n) is 8.82. The maximum absolute atomic E-state index is 5.88. The molecule has 0 aliphatic rings. The van der Waals surface area contributed by atoms with Crippen molar-refractivity contribution in [2.75, 3.05) is 12.1 Å². The van der Waals surface area contributed by atoms with E-state index in [1.807, 2.05) is 0 Å². The van der Waals surface area contributed by atoms with Crippen LogP contribution in [0.1, 0.15) is 84.0 Å². The zero-order chi connectivity index (χ0) is 15.1. The molecule has 0 bridgehead atoms. The summed E-state index contributed by atoms with van der Waals surface area (Å²) < 4.78 is 5.88. The molecule has 0 spiro atoms. The summed E-state index contributed by atoms with van der Waals surface area (Å²) in [4.78, 5) is 0. The van der Waals surface area contributed by atoms with Gasteiger partial charge in [-0.25, -0.2) is 0 Å². The minimum atomic E-state index is -1.51. The molecule has 0 aliphatic carbocycles. The third-order valence-corrected chi connectivity index (χ3v) is 7.37. The Morgan fingerprint density at radius 1 is 0.700 bits per heavy atom. The van der Waals surface area contributed by atoms with Gasteiger partial charge in [0.1, 0.15) is 0 Å². The van der Waals surface area contributed by atoms with Crippen molar-refractivity contribution < 1.29 is 4.43 Å². The Balaban J connectivity index is 3.06. The Morgan fingerprint density at radius 3 is 1.50 bits per heavy atom. The third-order valence-electron chi connectivity index (χ3n) is 3.81. The quantitative estimate of drug-likeness (QED) is 0.185. The van der Waals surface area contributed by atoms with Crippen molar-refractivity contribution in [1.29, 1.82) is 0 Å². The van der Waals surface area contributed by atoms with E-state index in [9.17, 15) is 0 Å². The van der Waals surface area contributed by atoms with Crippen molar-refractivity contribution in [3.05, 3.63) is 0 Å². The van der Waals surface area contributed by atoms with Crippen molar-refractivity contribution in [2.45, 2.75) is 97.1 Å². The van der Waals surface area contributed by atoms with E-state index in [0.717, 1.165) is 6.61 Å². The van der Waals surface area contributed by atoms with Crippen molar-refractivity contribution in [3.8, 4) is 0 Å². The molecular formula is C17H37ClOSi. The second-order valence-corrected chi connectivity index (χ2v) is 11.5. The molecule has 0 aliphatic heterocycles. The van der Waals surface area contributed by atoms with Crippen LogP contribution >= 0.6 is 11.6 Å². The number of rotatable bonds is 15. The lowest BCUT2D eigenvalue weighted by Crippen LogP contribution is -2.33. The zero-order valence-corrected chi connectivity index (χ0v) is 15.9. The number of alkyl halides is 1. The van der Waals surface area contributed by atoms with Crippen LogP contribution in [0.25, 0.3) is 0 Å². The first-order chi connectivity index (χ1) is 9.62. The van der Waals surface area contributed by atoms with E-state index in [-0.39, 0.29) is 0 Å². The number of hydrogen-bond acceptors (Lipinski definition) is 1. The van der Waals surface area contributed by atoms with Crippen LogP contribution in [0, 0.1) is 0 Å². The van der Waals surface area contributed by atoms with E-state index in [1.165, 1.54) is 77.0 Å². The molecular weight excluding hydrogens is 284 g/mol. The van der Waals surface area contributed by atoms with E-state index < -0.39 is 8.32 Å². The van der Waals surface area contributed by atoms with Gasteiger partial charge in [0.25, 0.3) is 0 Å². The standard InChI is InChI=1S/C17H37ClOSi/c1-4-5-6-7-8-9-10-11-12-13-14-15-16-19-20(2,3)17-18/h4-17H2,1-3H3. The highest BCUT2D eigenvalue weighted by molar-refractivity contribution is 6.77. The Morgan fingerprint density at radius 2 is 1.10 bits per heavy atom. The Hall–Kier alpha value is 0.467. The third kappa shape index (κ3) is 14.9. The summed E-state index contributed by atoms with van der Waals surface area (Å²) in [5.74, 6) is 0. The second-order valence-electron chi connectivity index (χ2n) is 6.63. The Bertz CT molecular complexity index is 197. The molecule has 0 rings (SSSR count). The molecule has 0 aromatic carbocycles. The van der Waals surface area contributed by atoms with Gasteiger partial charge in [0.15, 0.2) is 0 Å². The highest BCUT2D eigenvalue weighted by atomic mass is 35.5. The fourth-order valence-corrected chi connectivity index (χ4v) is 3.34. The maximum atomic E-state index is 5.88. The average molecular weight is 321 g/mol. The molecule has 0 heterocycles. The molecule has 0 fully saturated rings. The fourth-order valence-electron chi connectivity index (χ4n) is 2.33. The monoisotopic (exact) mass is 320 g/mol. The summed E-state index contributed by atoms with van der Waals surface area (Å²) in [6.45, 7) is 7.59. The largest absolute Gasteiger partial charge is 0.416 e. The molecule has 0 aromatic rings. The zero-order valence-electron chi connectivity index (χ0n) is 14.2. The lowest BCUT2D eigenvalue weighted by Gasteiger charge is -2.19. The molecule has 1 nitrogen and oxygen atoms in total. The van der Waals surface area contributed by atoms with Gasteiger partial charge in [-0.15, -0.1) is 11.6 Å². The van der Waals surface area contributed by atoms with Gasteiger partial charge in [0.05, 0.1) is 0 Å². The fraction of sp³-hybridized carbons (Fsp3) is 1.00. The van der Waals surface area contributed by atoms with Crippen LogP contribution in [-0.4, -0.2) is 20.4 Å². The maximum Gasteiger partial charge on any atom is 0.201 e. The van der Waals surface area contributed by atoms with E-state index in [2.05, 4.69) is 20.0 Å². The van der Waals surface area contributed by atoms with Crippen molar-refractivity contribution >= 4 is 19.9 Å². The highest BCUT2D eigenvalue weighted by Crippen LogP contribution is 2.13. The summed E-state index contributed by atoms with van der Waals surface area (Å²) in [6, 6.07) is 0. The highest BCUT2D eigenvalue weighted by Gasteiger charge is 2.19. The van der Waals surface area contributed by atoms with Gasteiger partial charge in [-0.3, -0.25) is 0 Å². The average Bonchev–Trinajstić information content (AvgIpc) is 2.44. The van der Waals surface area contributed by atoms with Crippen LogP contribution in [0.4, 0.5) is 0 Å². The summed E-state index contributed by atoms with van der Waals surface area (Å²) >= 11 is 5.88. The summed E-state index contributed by atoms with van der Waals surface area (Å²) in [6.07, 6.45) is 16.8. The first-order valence-corrected chi connectivity index (χ1v) is 12.5. The van der Waals surface area contributed by atoms with Gasteiger partial charge in [-0.1, -0.05) is 77.6 Å². The van der Waals surface area contributed by atoms with Crippen LogP contribution in [0.3, 0.4) is 0 Å². The van der Waals surface area contributed by atoms with E-state index in [0.29, 0.717) is 5.50 Å². The topological polar surface area (TPSA) is 9.23 Å². The lowest BCUT2D eigenvalue weighted by molar-refractivity contribution is 0.297. The summed E-state index contributed by atoms with van der Waals surface area (Å²) in [5.41, 5.74) is 0.714. The second kappa shape index (κ2) is 14.4. The molecule has 0 aromatic heterocycles. The predicted octanol–water partition coefficient (Wildman–Crippen LogP) is 6.69. The van der Waals surface area contributed by atoms with Gasteiger partial charge in [-0.05, 0) is 19.5 Å². The SMILES string of the molecule is CCCCCCCCCCCCCCO[Si](C)(C)CCl. The molecule has 20 heavy (non-hydrogen) atoms. The number of halogens is 1. The number of unbranched alkanes of at least 4 members (excludes halogenated alkanes) is 11. The summed E-state index contributed by atoms with van der Waals surface area (Å²) in [5, 5.41) is 0. The smallest absolute Gasteiger partial charge is 0.201 e. The van der Waals surface area contributed by atoms with Crippen LogP contribution < -0.4 is 0 Å². The molecule has 0 atom stereocenters. The molecule has 122 valence electrons. The van der Waals surface area contributed by atoms with Gasteiger partial charge >= 0.3 is 0 Å². The Labute approximate surface area is 133 Å². The van der Waals surface area contributed by atoms with Crippen molar-refractivity contribution in [3.63, 3.8) is 0 Å². The van der Waals surface area contributed by atoms with Crippen molar-refractivity contribution in [1.82, 2.24) is 0 Å². The number of hydrogen-bond donors (Lipinski definition) is 0. The molecule has 0 amide bonds. The van der Waals surface area contributed by atoms with E-state index >= 15 is 0 Å². The van der Waals surface area contributed by atoms with Gasteiger partial charge in [-0.2, -0.15) is 0 Å². The van der Waals surface area contributed by atoms with Gasteiger partial charge in [0.2, 0.25) is 8.32 Å². The van der Waals surface area contributed by atoms with Crippen LogP contribution in [0.15, 0.2) is 0 Å². The molecule has 0 radical (unpaired) electrons. The molecule has 0 N–H and O–H groups in total. The molecule has 0 saturated carbocycles. The normalized spacial score (nSPS) is 12.0. The van der Waals surface area contributed by atoms with Gasteiger partial charge in [0, 0.05) is 12.1 Å². The van der Waals surface area contributed by atoms with E-state index in [1.54, 1.807) is 0 Å². The summed E-state index contributed by atoms with van der Waals surface area (Å²) in [7, 11) is -1.51.